The molecule has 0 bridgehead atoms. The lowest BCUT2D eigenvalue weighted by Gasteiger charge is -2.31. The van der Waals surface area contributed by atoms with Crippen molar-refractivity contribution in [2.24, 2.45) is 0 Å². The van der Waals surface area contributed by atoms with E-state index in [1.165, 1.54) is 22.6 Å². The highest BCUT2D eigenvalue weighted by molar-refractivity contribution is 7.91. The number of nitrogens with one attached hydrogen (secondary N) is 1. The van der Waals surface area contributed by atoms with Crippen LogP contribution in [-0.4, -0.2) is 57.7 Å². The number of rotatable bonds is 7. The Morgan fingerprint density at radius 2 is 1.69 bits per heavy atom. The molecule has 0 spiro atoms. The van der Waals surface area contributed by atoms with E-state index in [0.717, 1.165) is 19.6 Å². The normalized spacial score (nSPS) is 15.7. The Kier molecular flexibility index (Phi) is 7.47. The molecule has 1 fully saturated rings. The summed E-state index contributed by atoms with van der Waals surface area (Å²) in [4.78, 5) is 15.9. The third-order valence-corrected chi connectivity index (χ3v) is 7.08. The van der Waals surface area contributed by atoms with Crippen LogP contribution in [0, 0.1) is 0 Å². The van der Waals surface area contributed by atoms with Crippen molar-refractivity contribution in [1.82, 2.24) is 4.90 Å². The molecule has 1 heterocycles. The predicted octanol–water partition coefficient (Wildman–Crippen LogP) is 1.94. The van der Waals surface area contributed by atoms with Crippen molar-refractivity contribution in [2.45, 2.75) is 11.3 Å². The van der Waals surface area contributed by atoms with Crippen molar-refractivity contribution < 1.29 is 18.1 Å². The summed E-state index contributed by atoms with van der Waals surface area (Å²) in [6.45, 7) is 3.98. The van der Waals surface area contributed by atoms with Crippen LogP contribution in [0.3, 0.4) is 0 Å². The summed E-state index contributed by atoms with van der Waals surface area (Å²) in [5, 5.41) is 0.485. The summed E-state index contributed by atoms with van der Waals surface area (Å²) in [5.74, 6) is -0.276. The minimum atomic E-state index is -3.48. The van der Waals surface area contributed by atoms with Gasteiger partial charge in [-0.1, -0.05) is 48.0 Å². The topological polar surface area (TPSA) is 58.9 Å². The molecule has 0 saturated carbocycles. The highest BCUT2D eigenvalue weighted by atomic mass is 35.5. The molecule has 154 valence electrons. The second-order valence-electron chi connectivity index (χ2n) is 7.17. The van der Waals surface area contributed by atoms with Crippen molar-refractivity contribution in [1.29, 1.82) is 0 Å². The molecule has 7 heteroatoms. The van der Waals surface area contributed by atoms with Gasteiger partial charge in [-0.15, -0.1) is 0 Å². The van der Waals surface area contributed by atoms with Gasteiger partial charge in [0.25, 0.3) is 0 Å². The fraction of sp³-hybridized carbons (Fsp3) is 0.318. The largest absolute Gasteiger partial charge is 0.331 e. The molecule has 0 radical (unpaired) electrons. The van der Waals surface area contributed by atoms with Crippen LogP contribution in [0.4, 0.5) is 0 Å². The lowest BCUT2D eigenvalue weighted by atomic mass is 10.2. The lowest BCUT2D eigenvalue weighted by Crippen LogP contribution is -3.14. The molecule has 29 heavy (non-hydrogen) atoms. The summed E-state index contributed by atoms with van der Waals surface area (Å²) in [7, 11) is -3.48. The maximum absolute atomic E-state index is 12.5. The number of hydrogen-bond donors (Lipinski definition) is 1. The molecule has 0 aromatic heterocycles. The number of carbonyl (C=O) groups excluding carboxylic acids is 1. The second kappa shape index (κ2) is 10.1. The number of carbonyl (C=O) groups is 1. The molecule has 1 aliphatic heterocycles. The minimum absolute atomic E-state index is 0.00814. The highest BCUT2D eigenvalue weighted by Crippen LogP contribution is 2.16. The van der Waals surface area contributed by atoms with Crippen LogP contribution in [0.1, 0.15) is 12.0 Å². The van der Waals surface area contributed by atoms with Crippen LogP contribution in [0.25, 0.3) is 6.08 Å². The Bertz CT molecular complexity index is 936. The first-order chi connectivity index (χ1) is 13.9. The molecule has 0 aliphatic carbocycles. The zero-order chi connectivity index (χ0) is 20.7. The molecule has 1 amide bonds. The van der Waals surface area contributed by atoms with E-state index in [9.17, 15) is 13.2 Å². The summed E-state index contributed by atoms with van der Waals surface area (Å²) in [6.07, 6.45) is 4.29. The van der Waals surface area contributed by atoms with Gasteiger partial charge < -0.3 is 9.80 Å². The van der Waals surface area contributed by atoms with Crippen molar-refractivity contribution >= 4 is 33.4 Å². The van der Waals surface area contributed by atoms with E-state index in [2.05, 4.69) is 24.3 Å². The number of amides is 1. The van der Waals surface area contributed by atoms with E-state index in [1.807, 2.05) is 18.2 Å². The fourth-order valence-electron chi connectivity index (χ4n) is 3.34. The first-order valence-corrected chi connectivity index (χ1v) is 11.8. The van der Waals surface area contributed by atoms with E-state index >= 15 is 0 Å². The Labute approximate surface area is 177 Å². The van der Waals surface area contributed by atoms with E-state index in [0.29, 0.717) is 18.1 Å². The SMILES string of the molecule is O=C(CCS(=O)(=O)c1ccc(Cl)cc1)N1CC[NH+](C/C=C/c2ccccc2)CC1. The quantitative estimate of drug-likeness (QED) is 0.726. The predicted molar refractivity (Wildman–Crippen MR) is 116 cm³/mol. The maximum Gasteiger partial charge on any atom is 0.224 e. The first-order valence-electron chi connectivity index (χ1n) is 9.75. The van der Waals surface area contributed by atoms with Crippen LogP contribution in [-0.2, 0) is 14.6 Å². The number of quaternary nitrogens is 1. The molecule has 1 N–H and O–H groups in total. The van der Waals surface area contributed by atoms with E-state index in [-0.39, 0.29) is 23.0 Å². The van der Waals surface area contributed by atoms with Gasteiger partial charge in [-0.2, -0.15) is 0 Å². The lowest BCUT2D eigenvalue weighted by molar-refractivity contribution is -0.898. The number of halogens is 1. The third-order valence-electron chi connectivity index (χ3n) is 5.10. The summed E-state index contributed by atoms with van der Waals surface area (Å²) < 4.78 is 24.8. The molecule has 1 saturated heterocycles. The van der Waals surface area contributed by atoms with Gasteiger partial charge in [0, 0.05) is 11.4 Å². The zero-order valence-corrected chi connectivity index (χ0v) is 17.8. The smallest absolute Gasteiger partial charge is 0.224 e. The van der Waals surface area contributed by atoms with Gasteiger partial charge in [0.1, 0.15) is 0 Å². The van der Waals surface area contributed by atoms with Crippen LogP contribution in [0.15, 0.2) is 65.6 Å². The second-order valence-corrected chi connectivity index (χ2v) is 9.72. The fourth-order valence-corrected chi connectivity index (χ4v) is 4.70. The summed E-state index contributed by atoms with van der Waals surface area (Å²) >= 11 is 5.80. The molecular weight excluding hydrogens is 408 g/mol. The van der Waals surface area contributed by atoms with Crippen molar-refractivity contribution in [2.75, 3.05) is 38.5 Å². The van der Waals surface area contributed by atoms with E-state index in [1.54, 1.807) is 17.0 Å². The average Bonchev–Trinajstić information content (AvgIpc) is 2.74. The van der Waals surface area contributed by atoms with Gasteiger partial charge in [-0.25, -0.2) is 8.42 Å². The Balaban J connectivity index is 1.43. The molecule has 0 atom stereocenters. The van der Waals surface area contributed by atoms with Crippen LogP contribution >= 0.6 is 11.6 Å². The number of benzene rings is 2. The van der Waals surface area contributed by atoms with Gasteiger partial charge in [0.2, 0.25) is 5.91 Å². The Morgan fingerprint density at radius 1 is 1.03 bits per heavy atom. The number of nitrogens with zero attached hydrogens (tertiary/aromatic N) is 1. The Morgan fingerprint density at radius 3 is 2.34 bits per heavy atom. The van der Waals surface area contributed by atoms with Crippen molar-refractivity contribution in [3.05, 3.63) is 71.3 Å². The van der Waals surface area contributed by atoms with E-state index in [4.69, 9.17) is 11.6 Å². The zero-order valence-electron chi connectivity index (χ0n) is 16.3. The molecule has 1 aliphatic rings. The standard InChI is InChI=1S/C22H25ClN2O3S/c23-20-8-10-21(11-9-20)29(27,28)18-12-22(26)25-16-14-24(15-17-25)13-4-7-19-5-2-1-3-6-19/h1-11H,12-18H2/p+1/b7-4+. The molecule has 0 unspecified atom stereocenters. The van der Waals surface area contributed by atoms with Gasteiger partial charge in [-0.05, 0) is 35.9 Å². The third kappa shape index (κ3) is 6.42. The van der Waals surface area contributed by atoms with Gasteiger partial charge in [0.15, 0.2) is 9.84 Å². The maximum atomic E-state index is 12.5. The van der Waals surface area contributed by atoms with Crippen LogP contribution in [0.2, 0.25) is 5.02 Å². The molecule has 5 nitrogen and oxygen atoms in total. The molecule has 2 aromatic carbocycles. The highest BCUT2D eigenvalue weighted by Gasteiger charge is 2.24. The number of piperazine rings is 1. The summed E-state index contributed by atoms with van der Waals surface area (Å²) in [6, 6.07) is 16.2. The minimum Gasteiger partial charge on any atom is -0.331 e. The van der Waals surface area contributed by atoms with Crippen LogP contribution in [0.5, 0.6) is 0 Å². The first kappa shape index (κ1) is 21.6. The number of sulfone groups is 1. The van der Waals surface area contributed by atoms with Gasteiger partial charge >= 0.3 is 0 Å². The van der Waals surface area contributed by atoms with Gasteiger partial charge in [-0.3, -0.25) is 4.79 Å². The van der Waals surface area contributed by atoms with Gasteiger partial charge in [0.05, 0.1) is 43.4 Å². The monoisotopic (exact) mass is 433 g/mol. The summed E-state index contributed by atoms with van der Waals surface area (Å²) in [5.41, 5.74) is 1.18. The van der Waals surface area contributed by atoms with Crippen molar-refractivity contribution in [3.8, 4) is 0 Å². The molecular formula is C22H26ClN2O3S+. The van der Waals surface area contributed by atoms with Crippen molar-refractivity contribution in [3.63, 3.8) is 0 Å². The Hall–Kier alpha value is -2.15. The number of hydrogen-bond acceptors (Lipinski definition) is 3. The molecule has 3 rings (SSSR count). The average molecular weight is 434 g/mol. The van der Waals surface area contributed by atoms with E-state index < -0.39 is 9.84 Å². The molecule has 2 aromatic rings. The van der Waals surface area contributed by atoms with Crippen LogP contribution < -0.4 is 4.90 Å².